The number of aromatic nitrogens is 2. The first-order valence-electron chi connectivity index (χ1n) is 11.3. The molecule has 1 aliphatic heterocycles. The van der Waals surface area contributed by atoms with Gasteiger partial charge in [0.1, 0.15) is 5.69 Å². The molecule has 1 aromatic heterocycles. The number of amides is 1. The lowest BCUT2D eigenvalue weighted by Gasteiger charge is -2.34. The van der Waals surface area contributed by atoms with E-state index in [4.69, 9.17) is 4.98 Å². The van der Waals surface area contributed by atoms with Crippen molar-refractivity contribution < 1.29 is 18.0 Å². The Morgan fingerprint density at radius 3 is 2.39 bits per heavy atom. The Morgan fingerprint density at radius 2 is 1.79 bits per heavy atom. The van der Waals surface area contributed by atoms with Crippen molar-refractivity contribution in [2.75, 3.05) is 28.7 Å². The van der Waals surface area contributed by atoms with Crippen molar-refractivity contribution in [2.24, 2.45) is 5.41 Å². The first kappa shape index (κ1) is 23.3. The van der Waals surface area contributed by atoms with E-state index in [9.17, 15) is 18.0 Å². The van der Waals surface area contributed by atoms with E-state index in [1.807, 2.05) is 20.8 Å². The number of anilines is 3. The zero-order valence-corrected chi connectivity index (χ0v) is 19.4. The maximum absolute atomic E-state index is 13.1. The monoisotopic (exact) mass is 461 g/mol. The lowest BCUT2D eigenvalue weighted by atomic mass is 9.91. The summed E-state index contributed by atoms with van der Waals surface area (Å²) in [6, 6.07) is 5.10. The number of carbonyl (C=O) groups is 1. The third kappa shape index (κ3) is 4.63. The minimum atomic E-state index is -4.36. The fourth-order valence-electron chi connectivity index (χ4n) is 4.77. The maximum Gasteiger partial charge on any atom is 0.416 e. The first-order chi connectivity index (χ1) is 15.5. The maximum atomic E-state index is 13.1. The number of halogens is 3. The Hall–Kier alpha value is -2.84. The summed E-state index contributed by atoms with van der Waals surface area (Å²) in [6.07, 6.45) is 1.72. The van der Waals surface area contributed by atoms with Gasteiger partial charge in [-0.1, -0.05) is 25.0 Å². The van der Waals surface area contributed by atoms with E-state index in [2.05, 4.69) is 15.2 Å². The summed E-state index contributed by atoms with van der Waals surface area (Å²) in [6.45, 7) is 6.34. The molecule has 1 amide bonds. The molecule has 1 aromatic carbocycles. The molecule has 6 nitrogen and oxygen atoms in total. The molecule has 1 atom stereocenters. The Kier molecular flexibility index (Phi) is 6.01. The molecule has 33 heavy (non-hydrogen) atoms. The van der Waals surface area contributed by atoms with Gasteiger partial charge in [-0.25, -0.2) is 4.98 Å². The number of hydrogen-bond donors (Lipinski definition) is 1. The van der Waals surface area contributed by atoms with Gasteiger partial charge in [0.05, 0.1) is 23.2 Å². The lowest BCUT2D eigenvalue weighted by molar-refractivity contribution is -0.137. The van der Waals surface area contributed by atoms with Gasteiger partial charge in [-0.15, -0.1) is 0 Å². The van der Waals surface area contributed by atoms with Crippen LogP contribution in [0.5, 0.6) is 0 Å². The van der Waals surface area contributed by atoms with Crippen LogP contribution < -0.4 is 15.1 Å². The predicted octanol–water partition coefficient (Wildman–Crippen LogP) is 5.42. The molecule has 1 N–H and O–H groups in total. The van der Waals surface area contributed by atoms with Gasteiger partial charge in [0.25, 0.3) is 0 Å². The second kappa shape index (κ2) is 8.50. The van der Waals surface area contributed by atoms with Gasteiger partial charge in [-0.3, -0.25) is 4.79 Å². The largest absolute Gasteiger partial charge is 0.416 e. The number of fused-ring (bicyclic) bond motifs is 1. The normalized spacial score (nSPS) is 19.9. The molecule has 178 valence electrons. The van der Waals surface area contributed by atoms with Gasteiger partial charge < -0.3 is 15.1 Å². The quantitative estimate of drug-likeness (QED) is 0.659. The van der Waals surface area contributed by atoms with Gasteiger partial charge in [0.15, 0.2) is 5.82 Å². The van der Waals surface area contributed by atoms with E-state index >= 15 is 0 Å². The number of nitrogens with one attached hydrogen (secondary N) is 1. The topological polar surface area (TPSA) is 61.4 Å². The summed E-state index contributed by atoms with van der Waals surface area (Å²) in [4.78, 5) is 26.2. The highest BCUT2D eigenvalue weighted by Gasteiger charge is 2.41. The molecule has 1 saturated carbocycles. The van der Waals surface area contributed by atoms with Gasteiger partial charge in [-0.05, 0) is 51.3 Å². The van der Waals surface area contributed by atoms with Gasteiger partial charge in [0, 0.05) is 19.6 Å². The number of benzene rings is 1. The molecule has 1 fully saturated rings. The van der Waals surface area contributed by atoms with E-state index in [1.165, 1.54) is 12.1 Å². The van der Waals surface area contributed by atoms with E-state index in [-0.39, 0.29) is 11.9 Å². The number of rotatable bonds is 4. The summed E-state index contributed by atoms with van der Waals surface area (Å²) in [5, 5.41) is 3.21. The van der Waals surface area contributed by atoms with E-state index < -0.39 is 17.2 Å². The fourth-order valence-corrected chi connectivity index (χ4v) is 4.77. The second-order valence-electron chi connectivity index (χ2n) is 9.70. The molecule has 9 heteroatoms. The first-order valence-corrected chi connectivity index (χ1v) is 11.3. The van der Waals surface area contributed by atoms with Gasteiger partial charge >= 0.3 is 6.18 Å². The van der Waals surface area contributed by atoms with Crippen LogP contribution in [-0.2, 0) is 11.0 Å². The van der Waals surface area contributed by atoms with Crippen molar-refractivity contribution in [1.82, 2.24) is 9.97 Å². The molecule has 0 unspecified atom stereocenters. The van der Waals surface area contributed by atoms with Crippen LogP contribution in [0.25, 0.3) is 0 Å². The molecule has 0 radical (unpaired) electrons. The fraction of sp³-hybridized carbons (Fsp3) is 0.542. The number of alkyl halides is 3. The summed E-state index contributed by atoms with van der Waals surface area (Å²) in [5.74, 6) is 1.12. The van der Waals surface area contributed by atoms with Gasteiger partial charge in [-0.2, -0.15) is 18.2 Å². The number of hydrogen-bond acceptors (Lipinski definition) is 5. The zero-order valence-electron chi connectivity index (χ0n) is 19.4. The van der Waals surface area contributed by atoms with Crippen molar-refractivity contribution in [3.05, 3.63) is 41.6 Å². The van der Waals surface area contributed by atoms with Crippen molar-refractivity contribution in [1.29, 1.82) is 0 Å². The molecule has 2 heterocycles. The van der Waals surface area contributed by atoms with Crippen LogP contribution in [0.15, 0.2) is 30.5 Å². The molecular weight excluding hydrogens is 431 g/mol. The summed E-state index contributed by atoms with van der Waals surface area (Å²) in [5.41, 5.74) is 0.120. The molecule has 0 saturated heterocycles. The molecule has 4 rings (SSSR count). The standard InChI is InChI=1S/C24H30F3N5O/c1-15(16-9-11-17(12-10-16)24(25,26)27)29-22-28-13-19-20(30-22)32(18-7-5-6-8-18)14-23(2,3)21(33)31(19)4/h9-13,15,18H,5-8,14H2,1-4H3,(H,28,29,30)/t15-/m0/s1. The van der Waals surface area contributed by atoms with Crippen molar-refractivity contribution >= 4 is 23.4 Å². The van der Waals surface area contributed by atoms with E-state index in [0.29, 0.717) is 29.8 Å². The molecule has 2 aliphatic rings. The van der Waals surface area contributed by atoms with Crippen LogP contribution >= 0.6 is 0 Å². The summed E-state index contributed by atoms with van der Waals surface area (Å²) < 4.78 is 38.6. The highest BCUT2D eigenvalue weighted by molar-refractivity contribution is 6.00. The minimum absolute atomic E-state index is 0.0201. The van der Waals surface area contributed by atoms with Crippen molar-refractivity contribution in [3.8, 4) is 0 Å². The number of carbonyl (C=O) groups excluding carboxylic acids is 1. The minimum Gasteiger partial charge on any atom is -0.351 e. The van der Waals surface area contributed by atoms with Crippen LogP contribution in [0.1, 0.15) is 63.6 Å². The Labute approximate surface area is 192 Å². The highest BCUT2D eigenvalue weighted by atomic mass is 19.4. The van der Waals surface area contributed by atoms with Crippen molar-refractivity contribution in [2.45, 2.75) is 64.7 Å². The molecular formula is C24H30F3N5O. The third-order valence-electron chi connectivity index (χ3n) is 6.68. The van der Waals surface area contributed by atoms with E-state index in [1.54, 1.807) is 18.1 Å². The summed E-state index contributed by atoms with van der Waals surface area (Å²) >= 11 is 0. The van der Waals surface area contributed by atoms with Gasteiger partial charge in [0.2, 0.25) is 11.9 Å². The molecule has 0 spiro atoms. The van der Waals surface area contributed by atoms with Crippen LogP contribution in [-0.4, -0.2) is 35.5 Å². The molecule has 1 aliphatic carbocycles. The molecule has 0 bridgehead atoms. The Morgan fingerprint density at radius 1 is 1.15 bits per heavy atom. The van der Waals surface area contributed by atoms with Crippen LogP contribution in [0.4, 0.5) is 30.6 Å². The van der Waals surface area contributed by atoms with Crippen LogP contribution in [0, 0.1) is 5.41 Å². The molecule has 2 aromatic rings. The second-order valence-corrected chi connectivity index (χ2v) is 9.70. The SMILES string of the molecule is C[C@H](Nc1ncc2c(n1)N(C1CCCC1)CC(C)(C)C(=O)N2C)c1ccc(C(F)(F)F)cc1. The Balaban J connectivity index is 1.64. The average Bonchev–Trinajstić information content (AvgIpc) is 3.28. The van der Waals surface area contributed by atoms with Crippen LogP contribution in [0.3, 0.4) is 0 Å². The smallest absolute Gasteiger partial charge is 0.351 e. The third-order valence-corrected chi connectivity index (χ3v) is 6.68. The highest BCUT2D eigenvalue weighted by Crippen LogP contribution is 2.40. The lowest BCUT2D eigenvalue weighted by Crippen LogP contribution is -2.45. The zero-order chi connectivity index (χ0) is 24.0. The Bertz CT molecular complexity index is 1020. The van der Waals surface area contributed by atoms with Crippen molar-refractivity contribution in [3.63, 3.8) is 0 Å². The summed E-state index contributed by atoms with van der Waals surface area (Å²) in [7, 11) is 1.75. The average molecular weight is 462 g/mol. The van der Waals surface area contributed by atoms with Crippen LogP contribution in [0.2, 0.25) is 0 Å². The predicted molar refractivity (Wildman–Crippen MR) is 122 cm³/mol. The number of nitrogens with zero attached hydrogens (tertiary/aromatic N) is 4. The van der Waals surface area contributed by atoms with E-state index in [0.717, 1.165) is 43.6 Å².